The third-order valence-electron chi connectivity index (χ3n) is 4.70. The molecule has 6 nitrogen and oxygen atoms in total. The van der Waals surface area contributed by atoms with E-state index in [-0.39, 0.29) is 4.90 Å². The summed E-state index contributed by atoms with van der Waals surface area (Å²) < 4.78 is 28.9. The van der Waals surface area contributed by atoms with Crippen LogP contribution in [0.5, 0.6) is 5.75 Å². The Balaban J connectivity index is 1.31. The van der Waals surface area contributed by atoms with Crippen molar-refractivity contribution in [3.05, 3.63) is 90.6 Å². The second kappa shape index (κ2) is 9.33. The van der Waals surface area contributed by atoms with E-state index in [0.717, 1.165) is 28.0 Å². The van der Waals surface area contributed by atoms with Gasteiger partial charge in [0.15, 0.2) is 14.9 Å². The first kappa shape index (κ1) is 21.7. The molecule has 8 heteroatoms. The molecule has 4 aromatic rings. The molecule has 162 valence electrons. The van der Waals surface area contributed by atoms with Crippen molar-refractivity contribution in [1.29, 1.82) is 0 Å². The van der Waals surface area contributed by atoms with Crippen molar-refractivity contribution in [1.82, 2.24) is 4.98 Å². The Hall–Kier alpha value is -3.49. The van der Waals surface area contributed by atoms with E-state index >= 15 is 0 Å². The van der Waals surface area contributed by atoms with Crippen molar-refractivity contribution in [2.24, 2.45) is 0 Å². The first-order valence-electron chi connectivity index (χ1n) is 9.82. The summed E-state index contributed by atoms with van der Waals surface area (Å²) in [6.07, 6.45) is 1.17. The summed E-state index contributed by atoms with van der Waals surface area (Å²) in [5.74, 6) is 0.723. The molecule has 0 saturated heterocycles. The van der Waals surface area contributed by atoms with Gasteiger partial charge in [0.25, 0.3) is 0 Å². The molecule has 0 spiro atoms. The third kappa shape index (κ3) is 5.60. The molecule has 0 aliphatic rings. The zero-order valence-electron chi connectivity index (χ0n) is 17.3. The van der Waals surface area contributed by atoms with E-state index in [1.54, 1.807) is 12.1 Å². The van der Waals surface area contributed by atoms with Crippen molar-refractivity contribution < 1.29 is 13.2 Å². The van der Waals surface area contributed by atoms with Gasteiger partial charge in [0.2, 0.25) is 0 Å². The number of nitrogens with zero attached hydrogens (tertiary/aromatic N) is 1. The number of hydrogen-bond acceptors (Lipinski definition) is 5. The zero-order chi connectivity index (χ0) is 22.6. The van der Waals surface area contributed by atoms with E-state index in [1.807, 2.05) is 60.7 Å². The standard InChI is InChI=1S/C24H21N3O3S2/c1-32(28,29)22-14-10-19(11-15-22)27-24(31)26-18-8-12-21(13-9-18)30-16-20-7-6-17-4-2-3-5-23(17)25-20/h2-15H,16H2,1H3,(H2,26,27,31). The number of fused-ring (bicyclic) bond motifs is 1. The van der Waals surface area contributed by atoms with Crippen LogP contribution in [0.3, 0.4) is 0 Å². The van der Waals surface area contributed by atoms with Gasteiger partial charge in [-0.25, -0.2) is 13.4 Å². The number of nitrogens with one attached hydrogen (secondary N) is 2. The molecule has 1 heterocycles. The molecule has 0 atom stereocenters. The monoisotopic (exact) mass is 463 g/mol. The highest BCUT2D eigenvalue weighted by molar-refractivity contribution is 7.90. The first-order chi connectivity index (χ1) is 15.4. The van der Waals surface area contributed by atoms with Crippen LogP contribution < -0.4 is 15.4 Å². The summed E-state index contributed by atoms with van der Waals surface area (Å²) in [6, 6.07) is 25.8. The molecule has 0 radical (unpaired) electrons. The molecule has 0 aliphatic heterocycles. The topological polar surface area (TPSA) is 80.3 Å². The summed E-state index contributed by atoms with van der Waals surface area (Å²) in [7, 11) is -3.23. The lowest BCUT2D eigenvalue weighted by atomic mass is 10.2. The third-order valence-corrected chi connectivity index (χ3v) is 6.03. The fourth-order valence-corrected chi connectivity index (χ4v) is 3.93. The molecule has 0 amide bonds. The molecule has 0 fully saturated rings. The largest absolute Gasteiger partial charge is 0.487 e. The second-order valence-corrected chi connectivity index (χ2v) is 9.61. The van der Waals surface area contributed by atoms with E-state index in [9.17, 15) is 8.42 Å². The number of benzene rings is 3. The average Bonchev–Trinajstić information content (AvgIpc) is 2.78. The highest BCUT2D eigenvalue weighted by Crippen LogP contribution is 2.19. The highest BCUT2D eigenvalue weighted by Gasteiger charge is 2.07. The van der Waals surface area contributed by atoms with Gasteiger partial charge in [-0.2, -0.15) is 0 Å². The highest BCUT2D eigenvalue weighted by atomic mass is 32.2. The molecule has 0 aliphatic carbocycles. The smallest absolute Gasteiger partial charge is 0.175 e. The Morgan fingerprint density at radius 3 is 2.16 bits per heavy atom. The summed E-state index contributed by atoms with van der Waals surface area (Å²) in [4.78, 5) is 4.87. The number of anilines is 2. The number of para-hydroxylation sites is 1. The molecule has 0 saturated carbocycles. The van der Waals surface area contributed by atoms with E-state index in [1.165, 1.54) is 18.4 Å². The van der Waals surface area contributed by atoms with Crippen molar-refractivity contribution in [2.45, 2.75) is 11.5 Å². The summed E-state index contributed by atoms with van der Waals surface area (Å²) in [5.41, 5.74) is 3.29. The molecule has 32 heavy (non-hydrogen) atoms. The van der Waals surface area contributed by atoms with Gasteiger partial charge in [-0.05, 0) is 72.9 Å². The Labute approximate surface area is 192 Å². The van der Waals surface area contributed by atoms with Gasteiger partial charge in [-0.3, -0.25) is 0 Å². The fourth-order valence-electron chi connectivity index (χ4n) is 3.06. The van der Waals surface area contributed by atoms with Crippen molar-refractivity contribution in [3.8, 4) is 5.75 Å². The lowest BCUT2D eigenvalue weighted by molar-refractivity contribution is 0.302. The van der Waals surface area contributed by atoms with Crippen LogP contribution in [0.15, 0.2) is 89.8 Å². The first-order valence-corrected chi connectivity index (χ1v) is 12.1. The lowest BCUT2D eigenvalue weighted by Gasteiger charge is -2.12. The summed E-state index contributed by atoms with van der Waals surface area (Å²) in [5, 5.41) is 7.62. The van der Waals surface area contributed by atoms with E-state index < -0.39 is 9.84 Å². The van der Waals surface area contributed by atoms with Crippen LogP contribution in [0.4, 0.5) is 11.4 Å². The van der Waals surface area contributed by atoms with Gasteiger partial charge < -0.3 is 15.4 Å². The molecule has 1 aromatic heterocycles. The quantitative estimate of drug-likeness (QED) is 0.388. The minimum Gasteiger partial charge on any atom is -0.487 e. The van der Waals surface area contributed by atoms with Gasteiger partial charge in [0, 0.05) is 23.0 Å². The van der Waals surface area contributed by atoms with Crippen LogP contribution >= 0.6 is 12.2 Å². The normalized spacial score (nSPS) is 11.2. The number of aromatic nitrogens is 1. The van der Waals surface area contributed by atoms with Crippen LogP contribution in [-0.2, 0) is 16.4 Å². The maximum absolute atomic E-state index is 11.5. The molecule has 4 rings (SSSR count). The Bertz CT molecular complexity index is 1350. The van der Waals surface area contributed by atoms with E-state index in [4.69, 9.17) is 17.0 Å². The predicted molar refractivity (Wildman–Crippen MR) is 132 cm³/mol. The van der Waals surface area contributed by atoms with Crippen LogP contribution in [0, 0.1) is 0 Å². The zero-order valence-corrected chi connectivity index (χ0v) is 18.9. The minimum atomic E-state index is -3.23. The van der Waals surface area contributed by atoms with Gasteiger partial charge in [0.1, 0.15) is 12.4 Å². The number of pyridine rings is 1. The Morgan fingerprint density at radius 1 is 0.875 bits per heavy atom. The van der Waals surface area contributed by atoms with Gasteiger partial charge in [-0.15, -0.1) is 0 Å². The van der Waals surface area contributed by atoms with Gasteiger partial charge in [-0.1, -0.05) is 24.3 Å². The van der Waals surface area contributed by atoms with E-state index in [2.05, 4.69) is 15.6 Å². The van der Waals surface area contributed by atoms with Crippen molar-refractivity contribution in [2.75, 3.05) is 16.9 Å². The molecule has 0 bridgehead atoms. The van der Waals surface area contributed by atoms with Crippen LogP contribution in [0.1, 0.15) is 5.69 Å². The van der Waals surface area contributed by atoms with E-state index in [0.29, 0.717) is 17.4 Å². The number of rotatable bonds is 6. The summed E-state index contributed by atoms with van der Waals surface area (Å²) >= 11 is 5.33. The van der Waals surface area contributed by atoms with Crippen LogP contribution in [0.2, 0.25) is 0 Å². The number of thiocarbonyl (C=S) groups is 1. The predicted octanol–water partition coefficient (Wildman–Crippen LogP) is 5.03. The maximum Gasteiger partial charge on any atom is 0.175 e. The number of sulfone groups is 1. The molecule has 2 N–H and O–H groups in total. The van der Waals surface area contributed by atoms with Crippen LogP contribution in [-0.4, -0.2) is 24.8 Å². The summed E-state index contributed by atoms with van der Waals surface area (Å²) in [6.45, 7) is 0.376. The van der Waals surface area contributed by atoms with Gasteiger partial charge in [0.05, 0.1) is 16.1 Å². The maximum atomic E-state index is 11.5. The second-order valence-electron chi connectivity index (χ2n) is 7.18. The molecular weight excluding hydrogens is 442 g/mol. The Morgan fingerprint density at radius 2 is 1.50 bits per heavy atom. The SMILES string of the molecule is CS(=O)(=O)c1ccc(NC(=S)Nc2ccc(OCc3ccc4ccccc4n3)cc2)cc1. The average molecular weight is 464 g/mol. The number of ether oxygens (including phenoxy) is 1. The molecule has 0 unspecified atom stereocenters. The van der Waals surface area contributed by atoms with Crippen LogP contribution in [0.25, 0.3) is 10.9 Å². The van der Waals surface area contributed by atoms with Gasteiger partial charge >= 0.3 is 0 Å². The van der Waals surface area contributed by atoms with Crippen molar-refractivity contribution >= 4 is 49.4 Å². The fraction of sp³-hybridized carbons (Fsp3) is 0.0833. The Kier molecular flexibility index (Phi) is 6.34. The molecule has 3 aromatic carbocycles. The molecular formula is C24H21N3O3S2. The van der Waals surface area contributed by atoms with Crippen molar-refractivity contribution in [3.63, 3.8) is 0 Å². The lowest BCUT2D eigenvalue weighted by Crippen LogP contribution is -2.19. The minimum absolute atomic E-state index is 0.261. The number of hydrogen-bond donors (Lipinski definition) is 2.